The van der Waals surface area contributed by atoms with E-state index in [4.69, 9.17) is 4.42 Å². The molecule has 0 aliphatic rings. The monoisotopic (exact) mass is 247 g/mol. The topological polar surface area (TPSA) is 25.2 Å². The minimum absolute atomic E-state index is 0.188. The second-order valence-electron chi connectivity index (χ2n) is 4.77. The molecule has 0 fully saturated rings. The fourth-order valence-corrected chi connectivity index (χ4v) is 1.73. The number of aryl methyl sites for hydroxylation is 1. The van der Waals surface area contributed by atoms with Crippen LogP contribution < -0.4 is 5.32 Å². The van der Waals surface area contributed by atoms with E-state index in [0.717, 1.165) is 17.1 Å². The number of hydrogen-bond donors (Lipinski definition) is 1. The normalized spacial score (nSPS) is 11.2. The summed E-state index contributed by atoms with van der Waals surface area (Å²) in [4.78, 5) is 0. The second kappa shape index (κ2) is 5.36. The van der Waals surface area contributed by atoms with Gasteiger partial charge < -0.3 is 9.73 Å². The number of benzene rings is 1. The number of furan rings is 1. The van der Waals surface area contributed by atoms with Crippen molar-refractivity contribution in [3.63, 3.8) is 0 Å². The molecular formula is C15H18FNO. The van der Waals surface area contributed by atoms with Gasteiger partial charge in [0, 0.05) is 11.6 Å². The van der Waals surface area contributed by atoms with Crippen LogP contribution >= 0.6 is 0 Å². The zero-order valence-electron chi connectivity index (χ0n) is 11.0. The molecule has 2 aromatic rings. The van der Waals surface area contributed by atoms with Crippen molar-refractivity contribution in [1.82, 2.24) is 5.32 Å². The molecule has 1 aromatic heterocycles. The van der Waals surface area contributed by atoms with E-state index < -0.39 is 0 Å². The molecule has 0 saturated carbocycles. The highest BCUT2D eigenvalue weighted by molar-refractivity contribution is 5.58. The summed E-state index contributed by atoms with van der Waals surface area (Å²) in [5.41, 5.74) is 1.54. The number of halogens is 1. The molecule has 3 heteroatoms. The Morgan fingerprint density at radius 2 is 2.00 bits per heavy atom. The van der Waals surface area contributed by atoms with Gasteiger partial charge in [0.05, 0.1) is 6.54 Å². The number of nitrogens with one attached hydrogen (secondary N) is 1. The van der Waals surface area contributed by atoms with E-state index in [9.17, 15) is 4.39 Å². The smallest absolute Gasteiger partial charge is 0.134 e. The Morgan fingerprint density at radius 3 is 2.67 bits per heavy atom. The van der Waals surface area contributed by atoms with Crippen molar-refractivity contribution in [3.8, 4) is 11.3 Å². The van der Waals surface area contributed by atoms with Crippen molar-refractivity contribution < 1.29 is 8.81 Å². The first-order chi connectivity index (χ1) is 8.56. The standard InChI is InChI=1S/C15H18FNO/c1-10(2)17-9-13-5-7-15(18-13)12-4-6-14(16)11(3)8-12/h4-8,10,17H,9H2,1-3H3. The van der Waals surface area contributed by atoms with Gasteiger partial charge >= 0.3 is 0 Å². The molecule has 0 radical (unpaired) electrons. The highest BCUT2D eigenvalue weighted by Gasteiger charge is 2.07. The lowest BCUT2D eigenvalue weighted by atomic mass is 10.1. The minimum Gasteiger partial charge on any atom is -0.460 e. The van der Waals surface area contributed by atoms with Crippen LogP contribution in [0.3, 0.4) is 0 Å². The first kappa shape index (κ1) is 12.8. The Balaban J connectivity index is 2.16. The largest absolute Gasteiger partial charge is 0.460 e. The van der Waals surface area contributed by atoms with Gasteiger partial charge in [-0.15, -0.1) is 0 Å². The third-order valence-corrected chi connectivity index (χ3v) is 2.79. The van der Waals surface area contributed by atoms with E-state index in [-0.39, 0.29) is 5.82 Å². The maximum atomic E-state index is 13.2. The minimum atomic E-state index is -0.188. The lowest BCUT2D eigenvalue weighted by molar-refractivity contribution is 0.473. The van der Waals surface area contributed by atoms with Crippen LogP contribution in [-0.4, -0.2) is 6.04 Å². The van der Waals surface area contributed by atoms with Crippen LogP contribution in [0.4, 0.5) is 4.39 Å². The summed E-state index contributed by atoms with van der Waals surface area (Å²) in [5.74, 6) is 1.48. The van der Waals surface area contributed by atoms with Crippen LogP contribution in [0.1, 0.15) is 25.2 Å². The lowest BCUT2D eigenvalue weighted by Crippen LogP contribution is -2.21. The quantitative estimate of drug-likeness (QED) is 0.886. The van der Waals surface area contributed by atoms with Gasteiger partial charge in [0.1, 0.15) is 17.3 Å². The lowest BCUT2D eigenvalue weighted by Gasteiger charge is -2.05. The summed E-state index contributed by atoms with van der Waals surface area (Å²) >= 11 is 0. The van der Waals surface area contributed by atoms with Crippen LogP contribution in [0.15, 0.2) is 34.7 Å². The zero-order chi connectivity index (χ0) is 13.1. The molecule has 0 spiro atoms. The molecule has 1 aromatic carbocycles. The Labute approximate surface area is 107 Å². The van der Waals surface area contributed by atoms with Crippen LogP contribution in [0.2, 0.25) is 0 Å². The van der Waals surface area contributed by atoms with Crippen molar-refractivity contribution in [3.05, 3.63) is 47.5 Å². The average Bonchev–Trinajstić information content (AvgIpc) is 2.79. The van der Waals surface area contributed by atoms with Gasteiger partial charge in [0.25, 0.3) is 0 Å². The fraction of sp³-hybridized carbons (Fsp3) is 0.333. The molecule has 0 aliphatic heterocycles. The molecule has 2 rings (SSSR count). The Bertz CT molecular complexity index is 531. The summed E-state index contributed by atoms with van der Waals surface area (Å²) in [6, 6.07) is 9.30. The summed E-state index contributed by atoms with van der Waals surface area (Å²) in [5, 5.41) is 3.29. The molecule has 1 N–H and O–H groups in total. The average molecular weight is 247 g/mol. The predicted molar refractivity (Wildman–Crippen MR) is 70.8 cm³/mol. The molecule has 0 saturated heterocycles. The van der Waals surface area contributed by atoms with E-state index in [0.29, 0.717) is 18.2 Å². The van der Waals surface area contributed by atoms with E-state index in [1.54, 1.807) is 19.1 Å². The molecular weight excluding hydrogens is 229 g/mol. The molecule has 0 unspecified atom stereocenters. The van der Waals surface area contributed by atoms with E-state index in [1.165, 1.54) is 6.07 Å². The number of hydrogen-bond acceptors (Lipinski definition) is 2. The Morgan fingerprint density at radius 1 is 1.22 bits per heavy atom. The molecule has 0 bridgehead atoms. The van der Waals surface area contributed by atoms with Crippen molar-refractivity contribution >= 4 is 0 Å². The third kappa shape index (κ3) is 2.99. The SMILES string of the molecule is Cc1cc(-c2ccc(CNC(C)C)o2)ccc1F. The van der Waals surface area contributed by atoms with Gasteiger partial charge in [-0.05, 0) is 42.8 Å². The third-order valence-electron chi connectivity index (χ3n) is 2.79. The maximum Gasteiger partial charge on any atom is 0.134 e. The molecule has 2 nitrogen and oxygen atoms in total. The molecule has 0 atom stereocenters. The summed E-state index contributed by atoms with van der Waals surface area (Å²) in [7, 11) is 0. The Hall–Kier alpha value is -1.61. The van der Waals surface area contributed by atoms with Crippen molar-refractivity contribution in [2.45, 2.75) is 33.4 Å². The summed E-state index contributed by atoms with van der Waals surface area (Å²) in [6.07, 6.45) is 0. The Kier molecular flexibility index (Phi) is 3.82. The van der Waals surface area contributed by atoms with Crippen molar-refractivity contribution in [2.24, 2.45) is 0 Å². The van der Waals surface area contributed by atoms with Gasteiger partial charge in [0.15, 0.2) is 0 Å². The molecule has 0 aliphatic carbocycles. The van der Waals surface area contributed by atoms with Gasteiger partial charge in [-0.2, -0.15) is 0 Å². The number of rotatable bonds is 4. The molecule has 0 amide bonds. The molecule has 1 heterocycles. The van der Waals surface area contributed by atoms with E-state index in [1.807, 2.05) is 12.1 Å². The molecule has 96 valence electrons. The summed E-state index contributed by atoms with van der Waals surface area (Å²) < 4.78 is 18.9. The molecule has 18 heavy (non-hydrogen) atoms. The van der Waals surface area contributed by atoms with Crippen LogP contribution in [-0.2, 0) is 6.54 Å². The fourth-order valence-electron chi connectivity index (χ4n) is 1.73. The van der Waals surface area contributed by atoms with Gasteiger partial charge in [0.2, 0.25) is 0 Å². The highest BCUT2D eigenvalue weighted by atomic mass is 19.1. The van der Waals surface area contributed by atoms with Crippen molar-refractivity contribution in [1.29, 1.82) is 0 Å². The van der Waals surface area contributed by atoms with Gasteiger partial charge in [-0.25, -0.2) is 4.39 Å². The summed E-state index contributed by atoms with van der Waals surface area (Å²) in [6.45, 7) is 6.64. The van der Waals surface area contributed by atoms with Crippen LogP contribution in [0, 0.1) is 12.7 Å². The van der Waals surface area contributed by atoms with Crippen LogP contribution in [0.5, 0.6) is 0 Å². The van der Waals surface area contributed by atoms with E-state index in [2.05, 4.69) is 19.2 Å². The van der Waals surface area contributed by atoms with Gasteiger partial charge in [-0.3, -0.25) is 0 Å². The maximum absolute atomic E-state index is 13.2. The predicted octanol–water partition coefficient (Wildman–Crippen LogP) is 3.89. The van der Waals surface area contributed by atoms with Crippen LogP contribution in [0.25, 0.3) is 11.3 Å². The van der Waals surface area contributed by atoms with E-state index >= 15 is 0 Å². The first-order valence-electron chi connectivity index (χ1n) is 6.15. The highest BCUT2D eigenvalue weighted by Crippen LogP contribution is 2.24. The zero-order valence-corrected chi connectivity index (χ0v) is 11.0. The second-order valence-corrected chi connectivity index (χ2v) is 4.77. The van der Waals surface area contributed by atoms with Crippen molar-refractivity contribution in [2.75, 3.05) is 0 Å². The first-order valence-corrected chi connectivity index (χ1v) is 6.15. The van der Waals surface area contributed by atoms with Gasteiger partial charge in [-0.1, -0.05) is 13.8 Å².